The Morgan fingerprint density at radius 1 is 1.41 bits per heavy atom. The standard InChI is InChI=1S/C11H12BrN3O2/c1-15-11(13)7(5-14-15)6-3-4-8(12)10(17-2)9(6)16/h3-5,16H,13H2,1-2H3. The summed E-state index contributed by atoms with van der Waals surface area (Å²) in [4.78, 5) is 0. The molecule has 0 spiro atoms. The van der Waals surface area contributed by atoms with Crippen LogP contribution in [-0.2, 0) is 7.05 Å². The van der Waals surface area contributed by atoms with E-state index in [1.54, 1.807) is 30.1 Å². The second kappa shape index (κ2) is 4.29. The van der Waals surface area contributed by atoms with E-state index < -0.39 is 0 Å². The largest absolute Gasteiger partial charge is 0.504 e. The van der Waals surface area contributed by atoms with Crippen LogP contribution >= 0.6 is 15.9 Å². The van der Waals surface area contributed by atoms with E-state index in [-0.39, 0.29) is 5.75 Å². The molecule has 0 aliphatic heterocycles. The highest BCUT2D eigenvalue weighted by atomic mass is 79.9. The first-order valence-electron chi connectivity index (χ1n) is 4.89. The highest BCUT2D eigenvalue weighted by molar-refractivity contribution is 9.10. The van der Waals surface area contributed by atoms with Gasteiger partial charge in [-0.15, -0.1) is 0 Å². The SMILES string of the molecule is COc1c(Br)ccc(-c2cnn(C)c2N)c1O. The minimum Gasteiger partial charge on any atom is -0.504 e. The van der Waals surface area contributed by atoms with Crippen LogP contribution < -0.4 is 10.5 Å². The molecule has 0 amide bonds. The van der Waals surface area contributed by atoms with Crippen molar-refractivity contribution in [3.63, 3.8) is 0 Å². The van der Waals surface area contributed by atoms with E-state index in [9.17, 15) is 5.11 Å². The van der Waals surface area contributed by atoms with Gasteiger partial charge < -0.3 is 15.6 Å². The lowest BCUT2D eigenvalue weighted by Crippen LogP contribution is -1.98. The number of phenolic OH excluding ortho intramolecular Hbond substituents is 1. The van der Waals surface area contributed by atoms with Crippen molar-refractivity contribution in [3.05, 3.63) is 22.8 Å². The van der Waals surface area contributed by atoms with E-state index >= 15 is 0 Å². The number of aryl methyl sites for hydroxylation is 1. The fourth-order valence-electron chi connectivity index (χ4n) is 1.61. The maximum absolute atomic E-state index is 10.1. The summed E-state index contributed by atoms with van der Waals surface area (Å²) in [7, 11) is 3.24. The number of nitrogen functional groups attached to an aromatic ring is 1. The normalized spacial score (nSPS) is 10.5. The van der Waals surface area contributed by atoms with Gasteiger partial charge in [-0.3, -0.25) is 4.68 Å². The predicted molar refractivity (Wildman–Crippen MR) is 69.0 cm³/mol. The average molecular weight is 298 g/mol. The van der Waals surface area contributed by atoms with Crippen LogP contribution in [0.3, 0.4) is 0 Å². The Hall–Kier alpha value is -1.69. The molecule has 3 N–H and O–H groups in total. The third-order valence-electron chi connectivity index (χ3n) is 2.56. The van der Waals surface area contributed by atoms with E-state index in [2.05, 4.69) is 21.0 Å². The Labute approximate surface area is 107 Å². The van der Waals surface area contributed by atoms with Crippen LogP contribution in [0.1, 0.15) is 0 Å². The van der Waals surface area contributed by atoms with Crippen molar-refractivity contribution in [3.8, 4) is 22.6 Å². The van der Waals surface area contributed by atoms with E-state index in [1.807, 2.05) is 0 Å². The lowest BCUT2D eigenvalue weighted by atomic mass is 10.1. The molecule has 0 unspecified atom stereocenters. The molecule has 5 nitrogen and oxygen atoms in total. The number of anilines is 1. The molecule has 2 rings (SSSR count). The zero-order valence-electron chi connectivity index (χ0n) is 9.44. The van der Waals surface area contributed by atoms with Gasteiger partial charge in [0.05, 0.1) is 17.8 Å². The van der Waals surface area contributed by atoms with E-state index in [0.717, 1.165) is 0 Å². The summed E-state index contributed by atoms with van der Waals surface area (Å²) >= 11 is 3.30. The number of hydrogen-bond donors (Lipinski definition) is 2. The fourth-order valence-corrected chi connectivity index (χ4v) is 2.09. The molecule has 0 radical (unpaired) electrons. The number of ether oxygens (including phenoxy) is 1. The Morgan fingerprint density at radius 3 is 2.65 bits per heavy atom. The first-order valence-corrected chi connectivity index (χ1v) is 5.69. The van der Waals surface area contributed by atoms with Gasteiger partial charge in [-0.05, 0) is 28.1 Å². The van der Waals surface area contributed by atoms with Crippen molar-refractivity contribution in [2.45, 2.75) is 0 Å². The topological polar surface area (TPSA) is 73.3 Å². The molecule has 0 atom stereocenters. The molecule has 0 aliphatic carbocycles. The zero-order valence-corrected chi connectivity index (χ0v) is 11.0. The van der Waals surface area contributed by atoms with Gasteiger partial charge in [0.2, 0.25) is 0 Å². The summed E-state index contributed by atoms with van der Waals surface area (Å²) in [6.07, 6.45) is 1.61. The summed E-state index contributed by atoms with van der Waals surface area (Å²) < 4.78 is 7.35. The predicted octanol–water partition coefficient (Wildman–Crippen LogP) is 2.15. The van der Waals surface area contributed by atoms with Gasteiger partial charge in [-0.2, -0.15) is 5.10 Å². The van der Waals surface area contributed by atoms with Crippen LogP contribution in [0.15, 0.2) is 22.8 Å². The second-order valence-electron chi connectivity index (χ2n) is 3.54. The third kappa shape index (κ3) is 1.84. The van der Waals surface area contributed by atoms with Crippen molar-refractivity contribution in [2.24, 2.45) is 7.05 Å². The minimum atomic E-state index is 0.0431. The number of nitrogens with zero attached hydrogens (tertiary/aromatic N) is 2. The van der Waals surface area contributed by atoms with Crippen molar-refractivity contribution in [1.29, 1.82) is 0 Å². The monoisotopic (exact) mass is 297 g/mol. The van der Waals surface area contributed by atoms with Crippen LogP contribution in [0.2, 0.25) is 0 Å². The van der Waals surface area contributed by atoms with Crippen molar-refractivity contribution < 1.29 is 9.84 Å². The Balaban J connectivity index is 2.65. The van der Waals surface area contributed by atoms with Gasteiger partial charge in [-0.25, -0.2) is 0 Å². The van der Waals surface area contributed by atoms with Crippen molar-refractivity contribution >= 4 is 21.7 Å². The van der Waals surface area contributed by atoms with Crippen molar-refractivity contribution in [2.75, 3.05) is 12.8 Å². The zero-order chi connectivity index (χ0) is 12.6. The summed E-state index contributed by atoms with van der Waals surface area (Å²) in [5, 5.41) is 14.1. The first kappa shape index (κ1) is 11.8. The fraction of sp³-hybridized carbons (Fsp3) is 0.182. The number of methoxy groups -OCH3 is 1. The first-order chi connectivity index (χ1) is 8.06. The second-order valence-corrected chi connectivity index (χ2v) is 4.40. The van der Waals surface area contributed by atoms with Crippen LogP contribution in [0, 0.1) is 0 Å². The van der Waals surface area contributed by atoms with Crippen LogP contribution in [-0.4, -0.2) is 22.0 Å². The quantitative estimate of drug-likeness (QED) is 0.891. The Kier molecular flexibility index (Phi) is 2.97. The molecule has 0 saturated carbocycles. The lowest BCUT2D eigenvalue weighted by molar-refractivity contribution is 0.372. The summed E-state index contributed by atoms with van der Waals surface area (Å²) in [6.45, 7) is 0. The summed E-state index contributed by atoms with van der Waals surface area (Å²) in [6, 6.07) is 3.55. The maximum atomic E-state index is 10.1. The molecule has 1 heterocycles. The minimum absolute atomic E-state index is 0.0431. The molecule has 2 aromatic rings. The summed E-state index contributed by atoms with van der Waals surface area (Å²) in [5.74, 6) is 0.914. The Bertz CT molecular complexity index is 566. The molecular formula is C11H12BrN3O2. The average Bonchev–Trinajstić information content (AvgIpc) is 2.61. The molecule has 90 valence electrons. The molecule has 17 heavy (non-hydrogen) atoms. The number of rotatable bonds is 2. The highest BCUT2D eigenvalue weighted by Crippen LogP contribution is 2.43. The van der Waals surface area contributed by atoms with Gasteiger partial charge in [0.1, 0.15) is 5.82 Å². The molecular weight excluding hydrogens is 286 g/mol. The van der Waals surface area contributed by atoms with Gasteiger partial charge in [0.25, 0.3) is 0 Å². The van der Waals surface area contributed by atoms with E-state index in [0.29, 0.717) is 27.2 Å². The van der Waals surface area contributed by atoms with Gasteiger partial charge in [0.15, 0.2) is 11.5 Å². The number of phenols is 1. The smallest absolute Gasteiger partial charge is 0.175 e. The van der Waals surface area contributed by atoms with Crippen LogP contribution in [0.5, 0.6) is 11.5 Å². The molecule has 1 aromatic heterocycles. The molecule has 1 aromatic carbocycles. The van der Waals surface area contributed by atoms with Gasteiger partial charge in [0, 0.05) is 18.2 Å². The number of halogens is 1. The van der Waals surface area contributed by atoms with Gasteiger partial charge >= 0.3 is 0 Å². The number of aromatic hydroxyl groups is 1. The number of benzene rings is 1. The molecule has 6 heteroatoms. The molecule has 0 saturated heterocycles. The van der Waals surface area contributed by atoms with Crippen LogP contribution in [0.25, 0.3) is 11.1 Å². The lowest BCUT2D eigenvalue weighted by Gasteiger charge is -2.10. The van der Waals surface area contributed by atoms with Crippen LogP contribution in [0.4, 0.5) is 5.82 Å². The molecule has 0 aliphatic rings. The molecule has 0 bridgehead atoms. The molecule has 0 fully saturated rings. The highest BCUT2D eigenvalue weighted by Gasteiger charge is 2.16. The number of aromatic nitrogens is 2. The van der Waals surface area contributed by atoms with Gasteiger partial charge in [-0.1, -0.05) is 0 Å². The third-order valence-corrected chi connectivity index (χ3v) is 3.19. The Morgan fingerprint density at radius 2 is 2.12 bits per heavy atom. The number of nitrogens with two attached hydrogens (primary N) is 1. The van der Waals surface area contributed by atoms with E-state index in [4.69, 9.17) is 10.5 Å². The van der Waals surface area contributed by atoms with Crippen molar-refractivity contribution in [1.82, 2.24) is 9.78 Å². The summed E-state index contributed by atoms with van der Waals surface area (Å²) in [5.41, 5.74) is 7.14. The van der Waals surface area contributed by atoms with E-state index in [1.165, 1.54) is 7.11 Å². The number of hydrogen-bond acceptors (Lipinski definition) is 4. The maximum Gasteiger partial charge on any atom is 0.175 e.